The zero-order valence-electron chi connectivity index (χ0n) is 17.3. The summed E-state index contributed by atoms with van der Waals surface area (Å²) in [5, 5.41) is 3.72. The average molecular weight is 493 g/mol. The molecule has 168 valence electrons. The number of ether oxygens (including phenoxy) is 1. The fourth-order valence-electron chi connectivity index (χ4n) is 2.91. The van der Waals surface area contributed by atoms with E-state index in [9.17, 15) is 13.2 Å². The number of halogens is 2. The number of aryl methyl sites for hydroxylation is 1. The summed E-state index contributed by atoms with van der Waals surface area (Å²) in [6, 6.07) is 19.6. The van der Waals surface area contributed by atoms with Gasteiger partial charge in [-0.05, 0) is 73.2 Å². The van der Waals surface area contributed by atoms with Gasteiger partial charge in [0.1, 0.15) is 18.9 Å². The maximum absolute atomic E-state index is 13.3. The standard InChI is InChI=1S/C23H22Cl2N2O4S/c1-17-3-2-4-20(15-17)27(32(29,30)22-11-7-19(25)8-12-22)16-23(28)26-13-14-31-21-9-5-18(24)6-10-21/h2-12,15H,13-14,16H2,1H3,(H,26,28). The number of carbonyl (C=O) groups excluding carboxylic acids is 1. The molecule has 32 heavy (non-hydrogen) atoms. The van der Waals surface area contributed by atoms with Crippen LogP contribution in [0.1, 0.15) is 5.56 Å². The van der Waals surface area contributed by atoms with E-state index in [0.717, 1.165) is 9.87 Å². The minimum Gasteiger partial charge on any atom is -0.492 e. The normalized spacial score (nSPS) is 11.1. The van der Waals surface area contributed by atoms with Gasteiger partial charge in [-0.3, -0.25) is 9.10 Å². The van der Waals surface area contributed by atoms with Gasteiger partial charge in [-0.25, -0.2) is 8.42 Å². The highest BCUT2D eigenvalue weighted by molar-refractivity contribution is 7.92. The van der Waals surface area contributed by atoms with Crippen LogP contribution in [0.5, 0.6) is 5.75 Å². The van der Waals surface area contributed by atoms with E-state index in [1.54, 1.807) is 42.5 Å². The van der Waals surface area contributed by atoms with Gasteiger partial charge in [0.2, 0.25) is 5.91 Å². The Kier molecular flexibility index (Phi) is 8.01. The van der Waals surface area contributed by atoms with Gasteiger partial charge in [-0.2, -0.15) is 0 Å². The molecular formula is C23H22Cl2N2O4S. The lowest BCUT2D eigenvalue weighted by Crippen LogP contribution is -2.42. The number of nitrogens with one attached hydrogen (secondary N) is 1. The van der Waals surface area contributed by atoms with Crippen LogP contribution in [-0.4, -0.2) is 34.0 Å². The number of hydrogen-bond donors (Lipinski definition) is 1. The van der Waals surface area contributed by atoms with Crippen molar-refractivity contribution >= 4 is 44.8 Å². The zero-order chi connectivity index (χ0) is 23.1. The van der Waals surface area contributed by atoms with Crippen molar-refractivity contribution in [3.8, 4) is 5.75 Å². The molecule has 0 aliphatic rings. The zero-order valence-corrected chi connectivity index (χ0v) is 19.6. The van der Waals surface area contributed by atoms with Crippen LogP contribution < -0.4 is 14.4 Å². The largest absolute Gasteiger partial charge is 0.492 e. The highest BCUT2D eigenvalue weighted by Crippen LogP contribution is 2.25. The molecule has 0 heterocycles. The molecule has 0 aliphatic heterocycles. The van der Waals surface area contributed by atoms with Crippen molar-refractivity contribution in [1.29, 1.82) is 0 Å². The second-order valence-corrected chi connectivity index (χ2v) is 9.69. The van der Waals surface area contributed by atoms with Crippen molar-refractivity contribution in [3.63, 3.8) is 0 Å². The molecule has 0 fully saturated rings. The lowest BCUT2D eigenvalue weighted by Gasteiger charge is -2.24. The summed E-state index contributed by atoms with van der Waals surface area (Å²) in [5.41, 5.74) is 1.27. The Morgan fingerprint density at radius 2 is 1.59 bits per heavy atom. The van der Waals surface area contributed by atoms with E-state index in [0.29, 0.717) is 21.5 Å². The van der Waals surface area contributed by atoms with E-state index < -0.39 is 15.9 Å². The molecule has 3 aromatic rings. The summed E-state index contributed by atoms with van der Waals surface area (Å²) in [6.07, 6.45) is 0. The van der Waals surface area contributed by atoms with Gasteiger partial charge in [-0.15, -0.1) is 0 Å². The predicted octanol–water partition coefficient (Wildman–Crippen LogP) is 4.69. The molecule has 9 heteroatoms. The number of nitrogens with zero attached hydrogens (tertiary/aromatic N) is 1. The summed E-state index contributed by atoms with van der Waals surface area (Å²) in [6.45, 7) is 1.91. The second-order valence-electron chi connectivity index (χ2n) is 6.96. The van der Waals surface area contributed by atoms with E-state index in [4.69, 9.17) is 27.9 Å². The molecule has 0 radical (unpaired) electrons. The smallest absolute Gasteiger partial charge is 0.264 e. The highest BCUT2D eigenvalue weighted by Gasteiger charge is 2.27. The van der Waals surface area contributed by atoms with Gasteiger partial charge in [0.15, 0.2) is 0 Å². The summed E-state index contributed by atoms with van der Waals surface area (Å²) in [5.74, 6) is 0.166. The third kappa shape index (κ3) is 6.38. The van der Waals surface area contributed by atoms with Gasteiger partial charge < -0.3 is 10.1 Å². The van der Waals surface area contributed by atoms with E-state index in [-0.39, 0.29) is 24.6 Å². The van der Waals surface area contributed by atoms with Gasteiger partial charge in [0, 0.05) is 10.0 Å². The molecule has 0 spiro atoms. The van der Waals surface area contributed by atoms with Crippen LogP contribution in [0.2, 0.25) is 10.0 Å². The molecule has 0 saturated heterocycles. The van der Waals surface area contributed by atoms with Crippen molar-refractivity contribution < 1.29 is 17.9 Å². The monoisotopic (exact) mass is 492 g/mol. The van der Waals surface area contributed by atoms with E-state index in [1.807, 2.05) is 13.0 Å². The average Bonchev–Trinajstić information content (AvgIpc) is 2.76. The third-order valence-electron chi connectivity index (χ3n) is 4.49. The highest BCUT2D eigenvalue weighted by atomic mass is 35.5. The molecule has 0 atom stereocenters. The number of amides is 1. The first-order valence-corrected chi connectivity index (χ1v) is 12.0. The lowest BCUT2D eigenvalue weighted by atomic mass is 10.2. The molecule has 0 aliphatic carbocycles. The van der Waals surface area contributed by atoms with Gasteiger partial charge in [0.25, 0.3) is 10.0 Å². The summed E-state index contributed by atoms with van der Waals surface area (Å²) in [7, 11) is -3.99. The van der Waals surface area contributed by atoms with E-state index >= 15 is 0 Å². The SMILES string of the molecule is Cc1cccc(N(CC(=O)NCCOc2ccc(Cl)cc2)S(=O)(=O)c2ccc(Cl)cc2)c1. The Bertz CT molecular complexity index is 1170. The second kappa shape index (κ2) is 10.7. The first-order chi connectivity index (χ1) is 15.3. The molecule has 6 nitrogen and oxygen atoms in total. The maximum atomic E-state index is 13.3. The number of carbonyl (C=O) groups is 1. The van der Waals surface area contributed by atoms with E-state index in [1.165, 1.54) is 24.3 Å². The Morgan fingerprint density at radius 1 is 0.969 bits per heavy atom. The first kappa shape index (κ1) is 23.9. The fraction of sp³-hybridized carbons (Fsp3) is 0.174. The van der Waals surface area contributed by atoms with Gasteiger partial charge >= 0.3 is 0 Å². The van der Waals surface area contributed by atoms with Crippen LogP contribution >= 0.6 is 23.2 Å². The number of rotatable bonds is 9. The minimum absolute atomic E-state index is 0.0438. The first-order valence-electron chi connectivity index (χ1n) is 9.76. The van der Waals surface area contributed by atoms with Crippen molar-refractivity contribution in [2.24, 2.45) is 0 Å². The third-order valence-corrected chi connectivity index (χ3v) is 6.78. The Balaban J connectivity index is 1.70. The van der Waals surface area contributed by atoms with Gasteiger partial charge in [-0.1, -0.05) is 35.3 Å². The van der Waals surface area contributed by atoms with Crippen LogP contribution in [0.15, 0.2) is 77.7 Å². The van der Waals surface area contributed by atoms with Crippen molar-refractivity contribution in [2.75, 3.05) is 24.0 Å². The number of sulfonamides is 1. The van der Waals surface area contributed by atoms with Crippen molar-refractivity contribution in [1.82, 2.24) is 5.32 Å². The lowest BCUT2D eigenvalue weighted by molar-refractivity contribution is -0.119. The number of anilines is 1. The Morgan fingerprint density at radius 3 is 2.22 bits per heavy atom. The van der Waals surface area contributed by atoms with Gasteiger partial charge in [0.05, 0.1) is 17.1 Å². The minimum atomic E-state index is -3.99. The van der Waals surface area contributed by atoms with Crippen LogP contribution in [0.25, 0.3) is 0 Å². The van der Waals surface area contributed by atoms with Crippen LogP contribution in [0.3, 0.4) is 0 Å². The molecule has 1 N–H and O–H groups in total. The van der Waals surface area contributed by atoms with Crippen LogP contribution in [0, 0.1) is 6.92 Å². The molecular weight excluding hydrogens is 471 g/mol. The number of benzene rings is 3. The fourth-order valence-corrected chi connectivity index (χ4v) is 4.57. The molecule has 0 unspecified atom stereocenters. The quantitative estimate of drug-likeness (QED) is 0.439. The molecule has 3 rings (SSSR count). The maximum Gasteiger partial charge on any atom is 0.264 e. The predicted molar refractivity (Wildman–Crippen MR) is 127 cm³/mol. The topological polar surface area (TPSA) is 75.7 Å². The molecule has 0 bridgehead atoms. The Hall–Kier alpha value is -2.74. The molecule has 3 aromatic carbocycles. The van der Waals surface area contributed by atoms with Crippen LogP contribution in [0.4, 0.5) is 5.69 Å². The van der Waals surface area contributed by atoms with E-state index in [2.05, 4.69) is 5.32 Å². The number of hydrogen-bond acceptors (Lipinski definition) is 4. The van der Waals surface area contributed by atoms with Crippen LogP contribution in [-0.2, 0) is 14.8 Å². The molecule has 1 amide bonds. The van der Waals surface area contributed by atoms with Crippen molar-refractivity contribution in [3.05, 3.63) is 88.4 Å². The Labute approximate surface area is 197 Å². The molecule has 0 saturated carbocycles. The summed E-state index contributed by atoms with van der Waals surface area (Å²) < 4.78 is 33.2. The van der Waals surface area contributed by atoms with Crippen molar-refractivity contribution in [2.45, 2.75) is 11.8 Å². The summed E-state index contributed by atoms with van der Waals surface area (Å²) in [4.78, 5) is 12.6. The molecule has 0 aromatic heterocycles. The summed E-state index contributed by atoms with van der Waals surface area (Å²) >= 11 is 11.7.